The maximum Gasteiger partial charge on any atom is 0.356 e. The predicted octanol–water partition coefficient (Wildman–Crippen LogP) is 1.61. The normalized spacial score (nSPS) is 12.7. The van der Waals surface area contributed by atoms with Crippen molar-refractivity contribution in [1.82, 2.24) is 15.3 Å². The number of benzene rings is 1. The summed E-state index contributed by atoms with van der Waals surface area (Å²) in [5, 5.41) is 11.6. The van der Waals surface area contributed by atoms with Gasteiger partial charge in [-0.25, -0.2) is 14.8 Å². The first-order valence-electron chi connectivity index (χ1n) is 7.60. The zero-order valence-corrected chi connectivity index (χ0v) is 13.8. The summed E-state index contributed by atoms with van der Waals surface area (Å²) in [6, 6.07) is 5.68. The third-order valence-corrected chi connectivity index (χ3v) is 3.95. The third kappa shape index (κ3) is 3.52. The Hall–Kier alpha value is -3.16. The van der Waals surface area contributed by atoms with Crippen LogP contribution in [0.3, 0.4) is 0 Å². The molecule has 1 amide bonds. The number of ether oxygens (including phenoxy) is 2. The molecular formula is C17H17N3O5. The maximum absolute atomic E-state index is 12.2. The minimum absolute atomic E-state index is 0.0616. The summed E-state index contributed by atoms with van der Waals surface area (Å²) in [5.41, 5.74) is 0.485. The van der Waals surface area contributed by atoms with Crippen molar-refractivity contribution in [3.05, 3.63) is 47.5 Å². The van der Waals surface area contributed by atoms with Gasteiger partial charge in [0.1, 0.15) is 5.69 Å². The quantitative estimate of drug-likeness (QED) is 0.848. The van der Waals surface area contributed by atoms with Crippen LogP contribution in [0.5, 0.6) is 11.5 Å². The largest absolute Gasteiger partial charge is 0.476 e. The molecule has 2 aromatic rings. The number of fused-ring (bicyclic) bond motifs is 1. The highest BCUT2D eigenvalue weighted by Gasteiger charge is 2.25. The molecule has 0 radical (unpaired) electrons. The van der Waals surface area contributed by atoms with Gasteiger partial charge < -0.3 is 19.9 Å². The Morgan fingerprint density at radius 2 is 1.84 bits per heavy atom. The Bertz CT molecular complexity index is 818. The summed E-state index contributed by atoms with van der Waals surface area (Å²) in [4.78, 5) is 30.5. The molecule has 0 fully saturated rings. The van der Waals surface area contributed by atoms with Gasteiger partial charge in [-0.05, 0) is 17.7 Å². The molecule has 130 valence electrons. The molecule has 0 unspecified atom stereocenters. The van der Waals surface area contributed by atoms with E-state index in [0.29, 0.717) is 18.0 Å². The van der Waals surface area contributed by atoms with Crippen LogP contribution in [-0.4, -0.2) is 40.3 Å². The zero-order chi connectivity index (χ0) is 18.0. The number of nitrogens with one attached hydrogen (secondary N) is 1. The lowest BCUT2D eigenvalue weighted by Crippen LogP contribution is -2.37. The van der Waals surface area contributed by atoms with Gasteiger partial charge >= 0.3 is 5.97 Å². The second-order valence-corrected chi connectivity index (χ2v) is 6.23. The molecule has 8 heteroatoms. The van der Waals surface area contributed by atoms with Gasteiger partial charge in [-0.1, -0.05) is 19.9 Å². The fourth-order valence-electron chi connectivity index (χ4n) is 2.37. The first kappa shape index (κ1) is 16.7. The lowest BCUT2D eigenvalue weighted by molar-refractivity contribution is 0.0689. The molecule has 2 heterocycles. The number of amides is 1. The number of aromatic carboxylic acids is 1. The number of carboxylic acid groups (broad SMARTS) is 1. The highest BCUT2D eigenvalue weighted by Crippen LogP contribution is 2.36. The summed E-state index contributed by atoms with van der Waals surface area (Å²) in [5.74, 6) is -0.217. The van der Waals surface area contributed by atoms with E-state index in [2.05, 4.69) is 15.3 Å². The highest BCUT2D eigenvalue weighted by atomic mass is 16.7. The fraction of sp³-hybridized carbons (Fsp3) is 0.294. The van der Waals surface area contributed by atoms with E-state index in [1.165, 1.54) is 0 Å². The number of carbonyl (C=O) groups excluding carboxylic acids is 1. The van der Waals surface area contributed by atoms with Crippen molar-refractivity contribution in [1.29, 1.82) is 0 Å². The molecule has 1 aliphatic rings. The number of rotatable bonds is 5. The van der Waals surface area contributed by atoms with Crippen LogP contribution in [0, 0.1) is 0 Å². The van der Waals surface area contributed by atoms with Crippen LogP contribution in [0.25, 0.3) is 0 Å². The molecule has 8 nitrogen and oxygen atoms in total. The van der Waals surface area contributed by atoms with Crippen molar-refractivity contribution in [3.63, 3.8) is 0 Å². The van der Waals surface area contributed by atoms with Gasteiger partial charge in [-0.3, -0.25) is 4.79 Å². The van der Waals surface area contributed by atoms with Crippen LogP contribution >= 0.6 is 0 Å². The van der Waals surface area contributed by atoms with Crippen molar-refractivity contribution >= 4 is 11.9 Å². The summed E-state index contributed by atoms with van der Waals surface area (Å²) < 4.78 is 10.7. The minimum atomic E-state index is -1.19. The van der Waals surface area contributed by atoms with Crippen LogP contribution in [0.15, 0.2) is 30.6 Å². The van der Waals surface area contributed by atoms with E-state index >= 15 is 0 Å². The van der Waals surface area contributed by atoms with Gasteiger partial charge in [0.05, 0.1) is 12.4 Å². The van der Waals surface area contributed by atoms with E-state index in [9.17, 15) is 9.59 Å². The van der Waals surface area contributed by atoms with Crippen molar-refractivity contribution in [2.75, 3.05) is 13.3 Å². The van der Waals surface area contributed by atoms with Gasteiger partial charge in [0.15, 0.2) is 17.2 Å². The van der Waals surface area contributed by atoms with Gasteiger partial charge in [-0.15, -0.1) is 0 Å². The van der Waals surface area contributed by atoms with E-state index in [4.69, 9.17) is 14.6 Å². The number of carboxylic acids is 1. The Morgan fingerprint density at radius 1 is 1.16 bits per heavy atom. The number of nitrogens with zero attached hydrogens (tertiary/aromatic N) is 2. The van der Waals surface area contributed by atoms with Gasteiger partial charge in [-0.2, -0.15) is 0 Å². The SMILES string of the molecule is CC(C)(CNC(=O)c1cnc(C(=O)O)cn1)c1ccc2c(c1)OCO2. The van der Waals surface area contributed by atoms with Crippen molar-refractivity contribution in [2.24, 2.45) is 0 Å². The van der Waals surface area contributed by atoms with Crippen LogP contribution in [0.1, 0.15) is 40.4 Å². The van der Waals surface area contributed by atoms with Crippen molar-refractivity contribution in [3.8, 4) is 11.5 Å². The molecule has 0 aliphatic carbocycles. The Kier molecular flexibility index (Phi) is 4.26. The molecule has 1 aliphatic heterocycles. The topological polar surface area (TPSA) is 111 Å². The zero-order valence-electron chi connectivity index (χ0n) is 13.8. The van der Waals surface area contributed by atoms with Crippen molar-refractivity contribution < 1.29 is 24.2 Å². The Labute approximate surface area is 143 Å². The summed E-state index contributed by atoms with van der Waals surface area (Å²) >= 11 is 0. The van der Waals surface area contributed by atoms with E-state index in [-0.39, 0.29) is 23.6 Å². The van der Waals surface area contributed by atoms with Crippen LogP contribution in [0.2, 0.25) is 0 Å². The molecule has 0 saturated heterocycles. The number of hydrogen-bond acceptors (Lipinski definition) is 6. The van der Waals surface area contributed by atoms with Gasteiger partial charge in [0, 0.05) is 12.0 Å². The molecular weight excluding hydrogens is 326 g/mol. The molecule has 3 rings (SSSR count). The molecule has 25 heavy (non-hydrogen) atoms. The maximum atomic E-state index is 12.2. The standard InChI is InChI=1S/C17H17N3O5/c1-17(2,10-3-4-13-14(5-10)25-9-24-13)8-20-15(21)11-6-19-12(7-18-11)16(22)23/h3-7H,8-9H2,1-2H3,(H,20,21)(H,22,23). The molecule has 0 bridgehead atoms. The average molecular weight is 343 g/mol. The summed E-state index contributed by atoms with van der Waals surface area (Å²) in [6.45, 7) is 4.54. The highest BCUT2D eigenvalue weighted by molar-refractivity contribution is 5.92. The summed E-state index contributed by atoms with van der Waals surface area (Å²) in [6.07, 6.45) is 2.20. The monoisotopic (exact) mass is 343 g/mol. The molecule has 1 aromatic carbocycles. The van der Waals surface area contributed by atoms with E-state index in [1.807, 2.05) is 32.0 Å². The predicted molar refractivity (Wildman–Crippen MR) is 86.9 cm³/mol. The first-order chi connectivity index (χ1) is 11.9. The van der Waals surface area contributed by atoms with Crippen molar-refractivity contribution in [2.45, 2.75) is 19.3 Å². The van der Waals surface area contributed by atoms with E-state index in [1.54, 1.807) is 0 Å². The average Bonchev–Trinajstić information content (AvgIpc) is 3.07. The third-order valence-electron chi connectivity index (χ3n) is 3.95. The molecule has 0 saturated carbocycles. The summed E-state index contributed by atoms with van der Waals surface area (Å²) in [7, 11) is 0. The second-order valence-electron chi connectivity index (χ2n) is 6.23. The van der Waals surface area contributed by atoms with Gasteiger partial charge in [0.25, 0.3) is 5.91 Å². The molecule has 2 N–H and O–H groups in total. The van der Waals surface area contributed by atoms with E-state index in [0.717, 1.165) is 18.0 Å². The second kappa shape index (κ2) is 6.39. The first-order valence-corrected chi connectivity index (χ1v) is 7.60. The molecule has 0 spiro atoms. The minimum Gasteiger partial charge on any atom is -0.476 e. The molecule has 0 atom stereocenters. The van der Waals surface area contributed by atoms with Gasteiger partial charge in [0.2, 0.25) is 6.79 Å². The Balaban J connectivity index is 1.67. The number of carbonyl (C=O) groups is 2. The Morgan fingerprint density at radius 3 is 2.52 bits per heavy atom. The lowest BCUT2D eigenvalue weighted by Gasteiger charge is -2.25. The number of aromatic nitrogens is 2. The molecule has 1 aromatic heterocycles. The van der Waals surface area contributed by atoms with Crippen LogP contribution < -0.4 is 14.8 Å². The smallest absolute Gasteiger partial charge is 0.356 e. The lowest BCUT2D eigenvalue weighted by atomic mass is 9.84. The van der Waals surface area contributed by atoms with Crippen LogP contribution in [-0.2, 0) is 5.41 Å². The van der Waals surface area contributed by atoms with Crippen LogP contribution in [0.4, 0.5) is 0 Å². The van der Waals surface area contributed by atoms with E-state index < -0.39 is 11.9 Å². The fourth-order valence-corrected chi connectivity index (χ4v) is 2.37. The number of hydrogen-bond donors (Lipinski definition) is 2.